The molecular weight excluding hydrogens is 346 g/mol. The van der Waals surface area contributed by atoms with E-state index >= 15 is 0 Å². The van der Waals surface area contributed by atoms with Crippen LogP contribution in [0.15, 0.2) is 29.4 Å². The minimum atomic E-state index is -0.225. The lowest BCUT2D eigenvalue weighted by Gasteiger charge is -2.26. The van der Waals surface area contributed by atoms with Crippen LogP contribution in [0.4, 0.5) is 5.69 Å². The van der Waals surface area contributed by atoms with E-state index < -0.39 is 0 Å². The predicted octanol–water partition coefficient (Wildman–Crippen LogP) is 3.64. The Bertz CT molecular complexity index is 786. The van der Waals surface area contributed by atoms with Crippen molar-refractivity contribution in [2.75, 3.05) is 4.90 Å². The van der Waals surface area contributed by atoms with Gasteiger partial charge in [-0.15, -0.1) is 5.10 Å². The number of hydrogen-bond acceptors (Lipinski definition) is 5. The number of thioether (sulfide) groups is 1. The highest BCUT2D eigenvalue weighted by molar-refractivity contribution is 8.00. The maximum atomic E-state index is 13.2. The number of hydrogen-bond donors (Lipinski definition) is 0. The number of nitrogens with zero attached hydrogens (tertiary/aromatic N) is 5. The third-order valence-electron chi connectivity index (χ3n) is 5.46. The quantitative estimate of drug-likeness (QED) is 0.768. The molecule has 1 aromatic heterocycles. The molecule has 0 saturated heterocycles. The molecule has 1 amide bonds. The zero-order chi connectivity index (χ0) is 18.1. The summed E-state index contributed by atoms with van der Waals surface area (Å²) in [5, 5.41) is 12.8. The van der Waals surface area contributed by atoms with Gasteiger partial charge < -0.3 is 4.90 Å². The number of fused-ring (bicyclic) bond motifs is 1. The molecule has 6 nitrogen and oxygen atoms in total. The minimum absolute atomic E-state index is 0.130. The lowest BCUT2D eigenvalue weighted by molar-refractivity contribution is -0.118. The van der Waals surface area contributed by atoms with Crippen molar-refractivity contribution in [2.24, 2.45) is 0 Å². The molecule has 4 rings (SSSR count). The molecule has 26 heavy (non-hydrogen) atoms. The fourth-order valence-corrected chi connectivity index (χ4v) is 5.03. The molecule has 2 atom stereocenters. The van der Waals surface area contributed by atoms with Crippen LogP contribution in [0, 0.1) is 0 Å². The first-order valence-electron chi connectivity index (χ1n) is 9.50. The van der Waals surface area contributed by atoms with E-state index in [1.165, 1.54) is 36.6 Å². The van der Waals surface area contributed by atoms with Gasteiger partial charge in [0.05, 0.1) is 11.3 Å². The van der Waals surface area contributed by atoms with Crippen molar-refractivity contribution in [2.45, 2.75) is 74.9 Å². The van der Waals surface area contributed by atoms with Crippen LogP contribution in [0.25, 0.3) is 0 Å². The molecule has 2 heterocycles. The molecule has 7 heteroatoms. The van der Waals surface area contributed by atoms with Gasteiger partial charge in [0.2, 0.25) is 11.1 Å². The van der Waals surface area contributed by atoms with Gasteiger partial charge in [0, 0.05) is 11.7 Å². The Balaban J connectivity index is 1.50. The molecule has 0 spiro atoms. The standard InChI is InChI=1S/C19H25N5OS/c1-13-12-15-8-6-7-11-17(15)23(13)18(25)14(2)26-19-20-21-22-24(19)16-9-4-3-5-10-16/h6-8,11,13-14,16H,3-5,9-10,12H2,1-2H3. The number of carbonyl (C=O) groups is 1. The van der Waals surface area contributed by atoms with Crippen molar-refractivity contribution in [1.82, 2.24) is 20.2 Å². The molecule has 1 aromatic carbocycles. The van der Waals surface area contributed by atoms with Crippen molar-refractivity contribution >= 4 is 23.4 Å². The molecule has 1 aliphatic heterocycles. The van der Waals surface area contributed by atoms with Gasteiger partial charge in [-0.2, -0.15) is 0 Å². The van der Waals surface area contributed by atoms with Crippen LogP contribution in [0.5, 0.6) is 0 Å². The number of para-hydroxylation sites is 1. The Morgan fingerprint density at radius 1 is 1.23 bits per heavy atom. The number of tetrazole rings is 1. The second-order valence-corrected chi connectivity index (χ2v) is 8.66. The second kappa shape index (κ2) is 7.39. The highest BCUT2D eigenvalue weighted by atomic mass is 32.2. The van der Waals surface area contributed by atoms with E-state index in [0.717, 1.165) is 30.1 Å². The monoisotopic (exact) mass is 371 g/mol. The largest absolute Gasteiger partial charge is 0.308 e. The first-order valence-corrected chi connectivity index (χ1v) is 10.4. The van der Waals surface area contributed by atoms with Gasteiger partial charge in [0.15, 0.2) is 0 Å². The zero-order valence-corrected chi connectivity index (χ0v) is 16.2. The molecule has 2 aromatic rings. The van der Waals surface area contributed by atoms with E-state index in [1.807, 2.05) is 34.7 Å². The smallest absolute Gasteiger partial charge is 0.240 e. The van der Waals surface area contributed by atoms with E-state index in [-0.39, 0.29) is 17.2 Å². The summed E-state index contributed by atoms with van der Waals surface area (Å²) in [5.74, 6) is 0.130. The highest BCUT2D eigenvalue weighted by Gasteiger charge is 2.34. The Kier molecular flexibility index (Phi) is 4.98. The number of rotatable bonds is 4. The lowest BCUT2D eigenvalue weighted by Crippen LogP contribution is -2.40. The van der Waals surface area contributed by atoms with E-state index in [2.05, 4.69) is 28.5 Å². The van der Waals surface area contributed by atoms with Gasteiger partial charge in [0.25, 0.3) is 0 Å². The molecule has 0 N–H and O–H groups in total. The van der Waals surface area contributed by atoms with Gasteiger partial charge in [0.1, 0.15) is 0 Å². The van der Waals surface area contributed by atoms with Gasteiger partial charge in [-0.25, -0.2) is 4.68 Å². The Hall–Kier alpha value is -1.89. The Morgan fingerprint density at radius 2 is 2.00 bits per heavy atom. The van der Waals surface area contributed by atoms with Crippen LogP contribution in [0.1, 0.15) is 57.6 Å². The molecule has 2 aliphatic rings. The number of anilines is 1. The number of aromatic nitrogens is 4. The van der Waals surface area contributed by atoms with Gasteiger partial charge in [-0.05, 0) is 55.2 Å². The van der Waals surface area contributed by atoms with E-state index in [4.69, 9.17) is 0 Å². The average Bonchev–Trinajstić information content (AvgIpc) is 3.25. The summed E-state index contributed by atoms with van der Waals surface area (Å²) in [6, 6.07) is 8.75. The zero-order valence-electron chi connectivity index (χ0n) is 15.3. The maximum absolute atomic E-state index is 13.2. The van der Waals surface area contributed by atoms with Crippen molar-refractivity contribution in [1.29, 1.82) is 0 Å². The van der Waals surface area contributed by atoms with Crippen LogP contribution in [0.3, 0.4) is 0 Å². The van der Waals surface area contributed by atoms with Crippen molar-refractivity contribution < 1.29 is 4.79 Å². The van der Waals surface area contributed by atoms with Gasteiger partial charge >= 0.3 is 0 Å². The summed E-state index contributed by atoms with van der Waals surface area (Å²) >= 11 is 1.48. The highest BCUT2D eigenvalue weighted by Crippen LogP contribution is 2.35. The molecule has 1 aliphatic carbocycles. The third-order valence-corrected chi connectivity index (χ3v) is 6.49. The number of carbonyl (C=O) groups excluding carboxylic acids is 1. The van der Waals surface area contributed by atoms with Crippen molar-refractivity contribution in [3.8, 4) is 0 Å². The molecule has 1 saturated carbocycles. The van der Waals surface area contributed by atoms with Crippen LogP contribution in [0.2, 0.25) is 0 Å². The SMILES string of the molecule is CC(Sc1nnnn1C1CCCCC1)C(=O)N1c2ccccc2CC1C. The first-order chi connectivity index (χ1) is 12.6. The average molecular weight is 372 g/mol. The molecule has 2 unspecified atom stereocenters. The minimum Gasteiger partial charge on any atom is -0.308 e. The first kappa shape index (κ1) is 17.5. The van der Waals surface area contributed by atoms with Crippen LogP contribution >= 0.6 is 11.8 Å². The molecule has 0 bridgehead atoms. The van der Waals surface area contributed by atoms with Crippen molar-refractivity contribution in [3.05, 3.63) is 29.8 Å². The van der Waals surface area contributed by atoms with E-state index in [1.54, 1.807) is 0 Å². The van der Waals surface area contributed by atoms with Crippen molar-refractivity contribution in [3.63, 3.8) is 0 Å². The van der Waals surface area contributed by atoms with Gasteiger partial charge in [-0.1, -0.05) is 49.2 Å². The summed E-state index contributed by atoms with van der Waals surface area (Å²) in [7, 11) is 0. The third kappa shape index (κ3) is 3.24. The Morgan fingerprint density at radius 3 is 2.81 bits per heavy atom. The van der Waals surface area contributed by atoms with Crippen LogP contribution < -0.4 is 4.90 Å². The second-order valence-electron chi connectivity index (χ2n) is 7.35. The number of benzene rings is 1. The van der Waals surface area contributed by atoms with Gasteiger partial charge in [-0.3, -0.25) is 4.79 Å². The fraction of sp³-hybridized carbons (Fsp3) is 0.579. The summed E-state index contributed by atoms with van der Waals surface area (Å²) in [6.45, 7) is 4.07. The fourth-order valence-electron chi connectivity index (χ4n) is 4.12. The molecule has 1 fully saturated rings. The molecule has 0 radical (unpaired) electrons. The van der Waals surface area contributed by atoms with E-state index in [0.29, 0.717) is 6.04 Å². The normalized spacial score (nSPS) is 21.6. The molecule has 138 valence electrons. The summed E-state index contributed by atoms with van der Waals surface area (Å²) in [5.41, 5.74) is 2.29. The van der Waals surface area contributed by atoms with Crippen LogP contribution in [-0.2, 0) is 11.2 Å². The summed E-state index contributed by atoms with van der Waals surface area (Å²) < 4.78 is 1.94. The Labute approximate surface area is 158 Å². The summed E-state index contributed by atoms with van der Waals surface area (Å²) in [4.78, 5) is 15.1. The maximum Gasteiger partial charge on any atom is 0.240 e. The van der Waals surface area contributed by atoms with Crippen LogP contribution in [-0.4, -0.2) is 37.4 Å². The summed E-state index contributed by atoms with van der Waals surface area (Å²) in [6.07, 6.45) is 6.91. The topological polar surface area (TPSA) is 63.9 Å². The molecular formula is C19H25N5OS. The van der Waals surface area contributed by atoms with E-state index in [9.17, 15) is 4.79 Å². The lowest BCUT2D eigenvalue weighted by atomic mass is 9.96. The predicted molar refractivity (Wildman–Crippen MR) is 102 cm³/mol. The number of amides is 1.